The first-order chi connectivity index (χ1) is 17.7. The van der Waals surface area contributed by atoms with Crippen molar-refractivity contribution in [2.45, 2.75) is 162 Å². The number of aliphatic hydroxyl groups is 1. The maximum atomic E-state index is 9.07. The first-order valence-electron chi connectivity index (χ1n) is 16.9. The van der Waals surface area contributed by atoms with Gasteiger partial charge in [-0.25, -0.2) is 0 Å². The first-order valence-corrected chi connectivity index (χ1v) is 16.9. The molecule has 3 saturated carbocycles. The Labute approximate surface area is 226 Å². The van der Waals surface area contributed by atoms with Crippen LogP contribution >= 0.6 is 0 Å². The van der Waals surface area contributed by atoms with Crippen LogP contribution in [0.3, 0.4) is 0 Å². The molecular weight excluding hydrogens is 440 g/mol. The van der Waals surface area contributed by atoms with Crippen molar-refractivity contribution in [3.05, 3.63) is 0 Å². The van der Waals surface area contributed by atoms with Gasteiger partial charge in [-0.3, -0.25) is 0 Å². The van der Waals surface area contributed by atoms with Crippen molar-refractivity contribution < 1.29 is 9.84 Å². The fraction of sp³-hybridized carbons (Fsp3) is 1.00. The van der Waals surface area contributed by atoms with E-state index >= 15 is 0 Å². The molecule has 1 N–H and O–H groups in total. The van der Waals surface area contributed by atoms with E-state index < -0.39 is 0 Å². The van der Waals surface area contributed by atoms with Crippen LogP contribution in [0.5, 0.6) is 0 Å². The van der Waals surface area contributed by atoms with Gasteiger partial charge in [0.15, 0.2) is 0 Å². The summed E-state index contributed by atoms with van der Waals surface area (Å²) in [5, 5.41) is 9.07. The standard InChI is InChI=1S/C34H64O2/c1-4-7-8-10-13-27-15-17-29(18-16-27)26-36-32-20-22-34(31(6-3)25-32)33-21-19-28(24-30(33)5-2)14-11-9-12-23-35/h27-35H,4-26H2,1-3H3. The van der Waals surface area contributed by atoms with Gasteiger partial charge in [0.1, 0.15) is 0 Å². The molecule has 0 aromatic heterocycles. The molecule has 3 aliphatic rings. The number of unbranched alkanes of at least 4 members (excludes halogenated alkanes) is 5. The van der Waals surface area contributed by atoms with Gasteiger partial charge < -0.3 is 9.84 Å². The largest absolute Gasteiger partial charge is 0.396 e. The second-order valence-electron chi connectivity index (χ2n) is 13.4. The number of hydrogen-bond acceptors (Lipinski definition) is 2. The zero-order valence-corrected chi connectivity index (χ0v) is 24.7. The van der Waals surface area contributed by atoms with E-state index in [9.17, 15) is 0 Å². The van der Waals surface area contributed by atoms with E-state index in [1.54, 1.807) is 0 Å². The summed E-state index contributed by atoms with van der Waals surface area (Å²) in [7, 11) is 0. The Morgan fingerprint density at radius 3 is 1.83 bits per heavy atom. The Kier molecular flexibility index (Phi) is 14.8. The molecule has 3 aliphatic carbocycles. The van der Waals surface area contributed by atoms with Crippen LogP contribution in [0.4, 0.5) is 0 Å². The van der Waals surface area contributed by atoms with Crippen LogP contribution in [0, 0.1) is 41.4 Å². The maximum absolute atomic E-state index is 9.07. The van der Waals surface area contributed by atoms with Gasteiger partial charge in [0, 0.05) is 13.2 Å². The van der Waals surface area contributed by atoms with E-state index in [-0.39, 0.29) is 0 Å². The van der Waals surface area contributed by atoms with E-state index in [4.69, 9.17) is 9.84 Å². The second kappa shape index (κ2) is 17.5. The summed E-state index contributed by atoms with van der Waals surface area (Å²) < 4.78 is 6.66. The molecule has 0 aromatic rings. The third-order valence-corrected chi connectivity index (χ3v) is 11.0. The Bertz CT molecular complexity index is 539. The Hall–Kier alpha value is -0.0800. The third-order valence-electron chi connectivity index (χ3n) is 11.0. The van der Waals surface area contributed by atoms with Gasteiger partial charge in [0.2, 0.25) is 0 Å². The zero-order valence-electron chi connectivity index (χ0n) is 24.7. The summed E-state index contributed by atoms with van der Waals surface area (Å²) in [5.41, 5.74) is 0. The SMILES string of the molecule is CCCCCCC1CCC(COC2CCC(C3CCC(CCCCCO)CC3CC)C(CC)C2)CC1. The molecule has 0 amide bonds. The van der Waals surface area contributed by atoms with Crippen LogP contribution in [-0.2, 0) is 4.74 Å². The van der Waals surface area contributed by atoms with Crippen molar-refractivity contribution in [2.75, 3.05) is 13.2 Å². The fourth-order valence-electron chi connectivity index (χ4n) is 8.65. The summed E-state index contributed by atoms with van der Waals surface area (Å²) in [6.45, 7) is 8.65. The minimum atomic E-state index is 0.370. The topological polar surface area (TPSA) is 29.5 Å². The van der Waals surface area contributed by atoms with Gasteiger partial charge >= 0.3 is 0 Å². The highest BCUT2D eigenvalue weighted by Crippen LogP contribution is 2.49. The van der Waals surface area contributed by atoms with Gasteiger partial charge in [-0.1, -0.05) is 104 Å². The molecule has 36 heavy (non-hydrogen) atoms. The summed E-state index contributed by atoms with van der Waals surface area (Å²) in [4.78, 5) is 0. The molecule has 0 aromatic carbocycles. The van der Waals surface area contributed by atoms with Crippen molar-refractivity contribution >= 4 is 0 Å². The van der Waals surface area contributed by atoms with Crippen LogP contribution in [0.2, 0.25) is 0 Å². The molecule has 0 bridgehead atoms. The highest BCUT2D eigenvalue weighted by Gasteiger charge is 2.40. The van der Waals surface area contributed by atoms with E-state index in [1.165, 1.54) is 128 Å². The van der Waals surface area contributed by atoms with Crippen molar-refractivity contribution in [2.24, 2.45) is 41.4 Å². The lowest BCUT2D eigenvalue weighted by Crippen LogP contribution is -2.39. The van der Waals surface area contributed by atoms with Crippen molar-refractivity contribution in [1.29, 1.82) is 0 Å². The quantitative estimate of drug-likeness (QED) is 0.212. The fourth-order valence-corrected chi connectivity index (χ4v) is 8.65. The van der Waals surface area contributed by atoms with Crippen LogP contribution in [0.1, 0.15) is 156 Å². The number of aliphatic hydroxyl groups excluding tert-OH is 1. The highest BCUT2D eigenvalue weighted by molar-refractivity contribution is 4.90. The van der Waals surface area contributed by atoms with Gasteiger partial charge in [-0.15, -0.1) is 0 Å². The normalized spacial score (nSPS) is 35.7. The van der Waals surface area contributed by atoms with Crippen LogP contribution < -0.4 is 0 Å². The van der Waals surface area contributed by atoms with E-state index in [2.05, 4.69) is 20.8 Å². The first kappa shape index (κ1) is 30.5. The molecule has 0 aliphatic heterocycles. The Morgan fingerprint density at radius 2 is 1.17 bits per heavy atom. The lowest BCUT2D eigenvalue weighted by atomic mass is 9.60. The maximum Gasteiger partial charge on any atom is 0.0578 e. The van der Waals surface area contributed by atoms with Crippen molar-refractivity contribution in [3.8, 4) is 0 Å². The average molecular weight is 505 g/mol. The number of rotatable bonds is 16. The monoisotopic (exact) mass is 504 g/mol. The molecule has 2 nitrogen and oxygen atoms in total. The molecular formula is C34H64O2. The molecule has 212 valence electrons. The Morgan fingerprint density at radius 1 is 0.583 bits per heavy atom. The molecule has 6 unspecified atom stereocenters. The summed E-state index contributed by atoms with van der Waals surface area (Å²) in [5.74, 6) is 6.58. The van der Waals surface area contributed by atoms with E-state index in [0.717, 1.165) is 54.5 Å². The van der Waals surface area contributed by atoms with E-state index in [0.29, 0.717) is 12.7 Å². The molecule has 0 saturated heterocycles. The van der Waals surface area contributed by atoms with Gasteiger partial charge in [-0.05, 0) is 92.8 Å². The summed E-state index contributed by atoms with van der Waals surface area (Å²) in [6.07, 6.45) is 29.7. The number of hydrogen-bond donors (Lipinski definition) is 1. The van der Waals surface area contributed by atoms with Crippen molar-refractivity contribution in [1.82, 2.24) is 0 Å². The third kappa shape index (κ3) is 9.91. The van der Waals surface area contributed by atoms with Gasteiger partial charge in [0.25, 0.3) is 0 Å². The average Bonchev–Trinajstić information content (AvgIpc) is 2.92. The minimum Gasteiger partial charge on any atom is -0.396 e. The lowest BCUT2D eigenvalue weighted by molar-refractivity contribution is -0.0460. The predicted molar refractivity (Wildman–Crippen MR) is 155 cm³/mol. The molecule has 3 rings (SSSR count). The summed E-state index contributed by atoms with van der Waals surface area (Å²) >= 11 is 0. The number of ether oxygens (including phenoxy) is 1. The predicted octanol–water partition coefficient (Wildman–Crippen LogP) is 9.97. The summed E-state index contributed by atoms with van der Waals surface area (Å²) in [6, 6.07) is 0. The molecule has 0 spiro atoms. The second-order valence-corrected chi connectivity index (χ2v) is 13.4. The van der Waals surface area contributed by atoms with Crippen molar-refractivity contribution in [3.63, 3.8) is 0 Å². The molecule has 2 heteroatoms. The van der Waals surface area contributed by atoms with Crippen LogP contribution in [-0.4, -0.2) is 24.4 Å². The van der Waals surface area contributed by atoms with Gasteiger partial charge in [0.05, 0.1) is 6.10 Å². The molecule has 6 atom stereocenters. The van der Waals surface area contributed by atoms with Gasteiger partial charge in [-0.2, -0.15) is 0 Å². The van der Waals surface area contributed by atoms with E-state index in [1.807, 2.05) is 0 Å². The minimum absolute atomic E-state index is 0.370. The molecule has 3 fully saturated rings. The van der Waals surface area contributed by atoms with Crippen LogP contribution in [0.25, 0.3) is 0 Å². The smallest absolute Gasteiger partial charge is 0.0578 e. The lowest BCUT2D eigenvalue weighted by Gasteiger charge is -2.46. The molecule has 0 radical (unpaired) electrons. The van der Waals surface area contributed by atoms with Crippen LogP contribution in [0.15, 0.2) is 0 Å². The highest BCUT2D eigenvalue weighted by atomic mass is 16.5. The Balaban J connectivity index is 1.36. The zero-order chi connectivity index (χ0) is 25.6. The molecule has 0 heterocycles.